The predicted octanol–water partition coefficient (Wildman–Crippen LogP) is -0.446. The molecule has 1 fully saturated rings. The van der Waals surface area contributed by atoms with Crippen LogP contribution in [0.4, 0.5) is 0 Å². The van der Waals surface area contributed by atoms with E-state index < -0.39 is 30.3 Å². The molecular formula is C17H15NO7S2-2. The molecule has 0 aromatic heterocycles. The molecule has 1 aliphatic heterocycles. The molecule has 1 amide bonds. The quantitative estimate of drug-likeness (QED) is 0.415. The topological polar surface area (TPSA) is 119 Å². The second-order valence-corrected chi connectivity index (χ2v) is 7.08. The van der Waals surface area contributed by atoms with E-state index in [1.165, 1.54) is 20.3 Å². The highest BCUT2D eigenvalue weighted by Gasteiger charge is 2.37. The summed E-state index contributed by atoms with van der Waals surface area (Å²) in [4.78, 5) is 35.7. The Hall–Kier alpha value is -2.59. The molecule has 1 aromatic carbocycles. The van der Waals surface area contributed by atoms with Gasteiger partial charge in [-0.15, -0.1) is 0 Å². The van der Waals surface area contributed by atoms with Crippen LogP contribution >= 0.6 is 24.0 Å². The van der Waals surface area contributed by atoms with Gasteiger partial charge in [0.25, 0.3) is 5.91 Å². The Balaban J connectivity index is 2.33. The molecule has 0 bridgehead atoms. The van der Waals surface area contributed by atoms with Crippen LogP contribution in [0, 0.1) is 0 Å². The summed E-state index contributed by atoms with van der Waals surface area (Å²) in [5.41, 5.74) is 0.568. The Morgan fingerprint density at radius 1 is 1.30 bits per heavy atom. The molecule has 144 valence electrons. The lowest BCUT2D eigenvalue weighted by Crippen LogP contribution is -2.50. The average molecular weight is 409 g/mol. The molecule has 8 nitrogen and oxygen atoms in total. The lowest BCUT2D eigenvalue weighted by atomic mass is 10.1. The second-order valence-electron chi connectivity index (χ2n) is 5.41. The highest BCUT2D eigenvalue weighted by atomic mass is 32.2. The third-order valence-corrected chi connectivity index (χ3v) is 5.09. The van der Waals surface area contributed by atoms with Crippen molar-refractivity contribution in [3.05, 3.63) is 28.7 Å². The normalized spacial score (nSPS) is 16.5. The largest absolute Gasteiger partial charge is 0.550 e. The summed E-state index contributed by atoms with van der Waals surface area (Å²) in [6.45, 7) is 0. The van der Waals surface area contributed by atoms with E-state index >= 15 is 0 Å². The van der Waals surface area contributed by atoms with Crippen molar-refractivity contribution in [3.63, 3.8) is 0 Å². The third-order valence-electron chi connectivity index (χ3n) is 3.76. The molecule has 0 spiro atoms. The molecule has 1 aliphatic rings. The fraction of sp³-hybridized carbons (Fsp3) is 0.294. The molecule has 10 heteroatoms. The van der Waals surface area contributed by atoms with E-state index in [0.29, 0.717) is 17.1 Å². The maximum absolute atomic E-state index is 12.7. The fourth-order valence-corrected chi connectivity index (χ4v) is 3.78. The number of hydrogen-bond acceptors (Lipinski definition) is 9. The second kappa shape index (κ2) is 8.87. The number of benzene rings is 1. The molecule has 0 saturated carbocycles. The predicted molar refractivity (Wildman–Crippen MR) is 97.6 cm³/mol. The Bertz CT molecular complexity index is 821. The highest BCUT2D eigenvalue weighted by molar-refractivity contribution is 8.26. The number of nitrogens with zero attached hydrogens (tertiary/aromatic N) is 1. The van der Waals surface area contributed by atoms with Crippen LogP contribution in [0.5, 0.6) is 11.5 Å². The molecule has 27 heavy (non-hydrogen) atoms. The van der Waals surface area contributed by atoms with E-state index in [9.17, 15) is 24.6 Å². The summed E-state index contributed by atoms with van der Waals surface area (Å²) < 4.78 is 10.4. The van der Waals surface area contributed by atoms with Gasteiger partial charge < -0.3 is 29.3 Å². The number of aliphatic carboxylic acids is 2. The van der Waals surface area contributed by atoms with Crippen molar-refractivity contribution in [2.45, 2.75) is 18.9 Å². The van der Waals surface area contributed by atoms with Crippen LogP contribution in [-0.2, 0) is 14.4 Å². The number of carboxylic acid groups (broad SMARTS) is 2. The van der Waals surface area contributed by atoms with Crippen LogP contribution < -0.4 is 19.7 Å². The first-order valence-electron chi connectivity index (χ1n) is 7.68. The molecule has 0 N–H and O–H groups in total. The molecule has 1 atom stereocenters. The molecule has 2 rings (SSSR count). The number of ether oxygens (including phenoxy) is 2. The molecule has 0 unspecified atom stereocenters. The third kappa shape index (κ3) is 4.77. The Morgan fingerprint density at radius 2 is 2.00 bits per heavy atom. The molecular weight excluding hydrogens is 394 g/mol. The number of thiocarbonyl (C=S) groups is 1. The van der Waals surface area contributed by atoms with Gasteiger partial charge in [-0.25, -0.2) is 0 Å². The summed E-state index contributed by atoms with van der Waals surface area (Å²) in [5.74, 6) is -2.64. The first-order valence-corrected chi connectivity index (χ1v) is 8.90. The van der Waals surface area contributed by atoms with E-state index in [4.69, 9.17) is 21.7 Å². The fourth-order valence-electron chi connectivity index (χ4n) is 2.43. The molecule has 1 heterocycles. The summed E-state index contributed by atoms with van der Waals surface area (Å²) in [7, 11) is 2.97. The molecule has 0 aliphatic carbocycles. The van der Waals surface area contributed by atoms with Crippen molar-refractivity contribution in [2.75, 3.05) is 14.2 Å². The van der Waals surface area contributed by atoms with E-state index in [1.54, 1.807) is 18.2 Å². The van der Waals surface area contributed by atoms with E-state index in [2.05, 4.69) is 0 Å². The van der Waals surface area contributed by atoms with Crippen molar-refractivity contribution < 1.29 is 34.1 Å². The van der Waals surface area contributed by atoms with Crippen LogP contribution in [-0.4, -0.2) is 47.3 Å². The molecule has 1 saturated heterocycles. The van der Waals surface area contributed by atoms with Gasteiger partial charge in [0.15, 0.2) is 0 Å². The van der Waals surface area contributed by atoms with Gasteiger partial charge >= 0.3 is 0 Å². The number of rotatable bonds is 8. The summed E-state index contributed by atoms with van der Waals surface area (Å²) in [6, 6.07) is 3.50. The van der Waals surface area contributed by atoms with Gasteiger partial charge in [-0.2, -0.15) is 0 Å². The average Bonchev–Trinajstić information content (AvgIpc) is 2.89. The van der Waals surface area contributed by atoms with Gasteiger partial charge in [-0.1, -0.05) is 24.0 Å². The van der Waals surface area contributed by atoms with Crippen LogP contribution in [0.25, 0.3) is 6.08 Å². The number of methoxy groups -OCH3 is 2. The number of amides is 1. The smallest absolute Gasteiger partial charge is 0.266 e. The number of thioether (sulfide) groups is 1. The van der Waals surface area contributed by atoms with Crippen LogP contribution in [0.3, 0.4) is 0 Å². The van der Waals surface area contributed by atoms with Crippen LogP contribution in [0.1, 0.15) is 18.4 Å². The van der Waals surface area contributed by atoms with E-state index in [0.717, 1.165) is 16.7 Å². The van der Waals surface area contributed by atoms with Gasteiger partial charge in [-0.3, -0.25) is 9.69 Å². The summed E-state index contributed by atoms with van der Waals surface area (Å²) >= 11 is 6.02. The minimum absolute atomic E-state index is 0.00581. The number of carbonyl (C=O) groups excluding carboxylic acids is 3. The van der Waals surface area contributed by atoms with Gasteiger partial charge in [0, 0.05) is 17.6 Å². The zero-order chi connectivity index (χ0) is 20.1. The van der Waals surface area contributed by atoms with Gasteiger partial charge in [0.05, 0.1) is 31.1 Å². The highest BCUT2D eigenvalue weighted by Crippen LogP contribution is 2.36. The van der Waals surface area contributed by atoms with Crippen molar-refractivity contribution in [2.24, 2.45) is 0 Å². The first kappa shape index (κ1) is 20.7. The lowest BCUT2D eigenvalue weighted by Gasteiger charge is -2.27. The molecule has 1 aromatic rings. The van der Waals surface area contributed by atoms with Crippen molar-refractivity contribution in [1.29, 1.82) is 0 Å². The first-order chi connectivity index (χ1) is 12.8. The standard InChI is InChI=1S/C17H17NO7S2/c1-24-10-4-3-9(12(8-10)25-2)7-13-15(21)18(17(26)27-13)11(16(22)23)5-6-14(19)20/h3-4,7-8,11H,5-6H2,1-2H3,(H,19,20)(H,22,23)/p-2/b13-7+/t11-/m1/s1. The van der Waals surface area contributed by atoms with E-state index in [1.807, 2.05) is 0 Å². The summed E-state index contributed by atoms with van der Waals surface area (Å²) in [5, 5.41) is 22.0. The van der Waals surface area contributed by atoms with E-state index in [-0.39, 0.29) is 15.6 Å². The SMILES string of the molecule is COc1ccc(/C=C2/SC(=S)N([C@H](CCC(=O)[O-])C(=O)[O-])C2=O)c(OC)c1. The number of hydrogen-bond donors (Lipinski definition) is 0. The van der Waals surface area contributed by atoms with Gasteiger partial charge in [0.1, 0.15) is 15.8 Å². The van der Waals surface area contributed by atoms with Crippen LogP contribution in [0.2, 0.25) is 0 Å². The van der Waals surface area contributed by atoms with Crippen molar-refractivity contribution in [3.8, 4) is 11.5 Å². The Labute approximate surface area is 164 Å². The molecule has 0 radical (unpaired) electrons. The summed E-state index contributed by atoms with van der Waals surface area (Å²) in [6.07, 6.45) is 0.611. The Kier molecular flexibility index (Phi) is 6.81. The maximum Gasteiger partial charge on any atom is 0.266 e. The Morgan fingerprint density at radius 3 is 2.56 bits per heavy atom. The van der Waals surface area contributed by atoms with Gasteiger partial charge in [-0.05, 0) is 31.1 Å². The lowest BCUT2D eigenvalue weighted by molar-refractivity contribution is -0.311. The number of carbonyl (C=O) groups is 3. The zero-order valence-electron chi connectivity index (χ0n) is 14.4. The van der Waals surface area contributed by atoms with Crippen molar-refractivity contribution in [1.82, 2.24) is 4.90 Å². The number of carboxylic acids is 2. The monoisotopic (exact) mass is 409 g/mol. The maximum atomic E-state index is 12.7. The van der Waals surface area contributed by atoms with Gasteiger partial charge in [0.2, 0.25) is 0 Å². The van der Waals surface area contributed by atoms with Crippen LogP contribution in [0.15, 0.2) is 23.1 Å². The zero-order valence-corrected chi connectivity index (χ0v) is 16.1. The van der Waals surface area contributed by atoms with Crippen molar-refractivity contribution >= 4 is 52.2 Å². The minimum atomic E-state index is -1.59. The minimum Gasteiger partial charge on any atom is -0.550 e.